The van der Waals surface area contributed by atoms with Crippen molar-refractivity contribution >= 4 is 5.69 Å². The number of rotatable bonds is 4. The summed E-state index contributed by atoms with van der Waals surface area (Å²) >= 11 is 0. The molecule has 0 aliphatic rings. The molecule has 1 aromatic rings. The maximum absolute atomic E-state index is 5.14. The van der Waals surface area contributed by atoms with Crippen molar-refractivity contribution in [3.63, 3.8) is 0 Å². The molecule has 0 saturated carbocycles. The zero-order chi connectivity index (χ0) is 10.6. The van der Waals surface area contributed by atoms with Gasteiger partial charge in [0, 0.05) is 17.3 Å². The lowest BCUT2D eigenvalue weighted by Crippen LogP contribution is -2.27. The van der Waals surface area contributed by atoms with Crippen molar-refractivity contribution in [3.8, 4) is 5.75 Å². The van der Waals surface area contributed by atoms with E-state index < -0.39 is 0 Å². The minimum Gasteiger partial charge on any atom is -0.497 e. The highest BCUT2D eigenvalue weighted by Crippen LogP contribution is 2.20. The highest BCUT2D eigenvalue weighted by Gasteiger charge is 2.11. The number of hydrogen-bond donors (Lipinski definition) is 1. The molecule has 0 atom stereocenters. The zero-order valence-corrected chi connectivity index (χ0v) is 9.00. The van der Waals surface area contributed by atoms with Crippen LogP contribution >= 0.6 is 0 Å². The Balaban J connectivity index is 2.81. The van der Waals surface area contributed by atoms with Crippen LogP contribution in [-0.2, 0) is 0 Å². The predicted octanol–water partition coefficient (Wildman–Crippen LogP) is 3.07. The van der Waals surface area contributed by atoms with Gasteiger partial charge >= 0.3 is 0 Å². The van der Waals surface area contributed by atoms with Crippen LogP contribution < -0.4 is 10.1 Å². The Morgan fingerprint density at radius 1 is 1.43 bits per heavy atom. The summed E-state index contributed by atoms with van der Waals surface area (Å²) in [5, 5.41) is 3.34. The van der Waals surface area contributed by atoms with Gasteiger partial charge in [0.15, 0.2) is 0 Å². The Kier molecular flexibility index (Phi) is 3.18. The summed E-state index contributed by atoms with van der Waals surface area (Å²) < 4.78 is 5.14. The van der Waals surface area contributed by atoms with E-state index in [-0.39, 0.29) is 5.54 Å². The molecule has 14 heavy (non-hydrogen) atoms. The minimum atomic E-state index is -0.105. The van der Waals surface area contributed by atoms with Crippen LogP contribution in [0.4, 0.5) is 5.69 Å². The van der Waals surface area contributed by atoms with Crippen LogP contribution in [0.5, 0.6) is 5.75 Å². The third-order valence-electron chi connectivity index (χ3n) is 2.05. The second-order valence-electron chi connectivity index (χ2n) is 3.78. The van der Waals surface area contributed by atoms with Gasteiger partial charge in [0.05, 0.1) is 7.11 Å². The molecule has 1 rings (SSSR count). The number of hydrogen-bond acceptors (Lipinski definition) is 2. The first kappa shape index (κ1) is 10.6. The van der Waals surface area contributed by atoms with Gasteiger partial charge in [-0.25, -0.2) is 0 Å². The molecule has 2 heteroatoms. The quantitative estimate of drug-likeness (QED) is 0.738. The highest BCUT2D eigenvalue weighted by molar-refractivity contribution is 5.50. The van der Waals surface area contributed by atoms with Gasteiger partial charge in [-0.1, -0.05) is 12.1 Å². The monoisotopic (exact) mass is 191 g/mol. The van der Waals surface area contributed by atoms with E-state index in [0.29, 0.717) is 0 Å². The summed E-state index contributed by atoms with van der Waals surface area (Å²) in [6.07, 6.45) is 1.88. The Morgan fingerprint density at radius 2 is 2.14 bits per heavy atom. The summed E-state index contributed by atoms with van der Waals surface area (Å²) in [5.41, 5.74) is 0.932. The number of nitrogens with one attached hydrogen (secondary N) is 1. The fourth-order valence-electron chi connectivity index (χ4n) is 1.12. The second-order valence-corrected chi connectivity index (χ2v) is 3.78. The molecule has 0 unspecified atom stereocenters. The molecule has 1 N–H and O–H groups in total. The van der Waals surface area contributed by atoms with Gasteiger partial charge in [-0.2, -0.15) is 0 Å². The van der Waals surface area contributed by atoms with Crippen LogP contribution in [0.3, 0.4) is 0 Å². The maximum atomic E-state index is 5.14. The molecule has 2 nitrogen and oxygen atoms in total. The Hall–Kier alpha value is -1.44. The van der Waals surface area contributed by atoms with Crippen LogP contribution in [0.2, 0.25) is 0 Å². The average molecular weight is 191 g/mol. The molecule has 0 aliphatic carbocycles. The third-order valence-corrected chi connectivity index (χ3v) is 2.05. The first-order valence-electron chi connectivity index (χ1n) is 4.63. The second kappa shape index (κ2) is 4.18. The van der Waals surface area contributed by atoms with Crippen molar-refractivity contribution in [2.24, 2.45) is 0 Å². The lowest BCUT2D eigenvalue weighted by Gasteiger charge is -2.23. The molecular weight excluding hydrogens is 174 g/mol. The maximum Gasteiger partial charge on any atom is 0.120 e. The Bertz CT molecular complexity index is 318. The van der Waals surface area contributed by atoms with Crippen molar-refractivity contribution in [2.75, 3.05) is 12.4 Å². The van der Waals surface area contributed by atoms with Crippen molar-refractivity contribution in [3.05, 3.63) is 36.9 Å². The van der Waals surface area contributed by atoms with E-state index in [1.807, 2.05) is 30.3 Å². The molecule has 0 aromatic heterocycles. The van der Waals surface area contributed by atoms with Gasteiger partial charge in [0.1, 0.15) is 5.75 Å². The highest BCUT2D eigenvalue weighted by atomic mass is 16.5. The van der Waals surface area contributed by atoms with Gasteiger partial charge in [0.2, 0.25) is 0 Å². The SMILES string of the molecule is C=CC(C)(C)Nc1cccc(OC)c1. The molecule has 0 bridgehead atoms. The van der Waals surface area contributed by atoms with E-state index in [2.05, 4.69) is 25.7 Å². The summed E-state index contributed by atoms with van der Waals surface area (Å²) in [5.74, 6) is 0.856. The topological polar surface area (TPSA) is 21.3 Å². The normalized spacial score (nSPS) is 10.8. The summed E-state index contributed by atoms with van der Waals surface area (Å²) in [6, 6.07) is 7.85. The van der Waals surface area contributed by atoms with Gasteiger partial charge in [0.25, 0.3) is 0 Å². The molecule has 1 aromatic carbocycles. The van der Waals surface area contributed by atoms with Crippen molar-refractivity contribution < 1.29 is 4.74 Å². The smallest absolute Gasteiger partial charge is 0.120 e. The molecule has 76 valence electrons. The van der Waals surface area contributed by atoms with Crippen molar-refractivity contribution in [1.29, 1.82) is 0 Å². The Morgan fingerprint density at radius 3 is 2.71 bits per heavy atom. The van der Waals surface area contributed by atoms with Crippen LogP contribution in [-0.4, -0.2) is 12.6 Å². The Labute approximate surface area is 85.6 Å². The number of ether oxygens (including phenoxy) is 1. The first-order valence-corrected chi connectivity index (χ1v) is 4.63. The van der Waals surface area contributed by atoms with Crippen molar-refractivity contribution in [1.82, 2.24) is 0 Å². The van der Waals surface area contributed by atoms with Gasteiger partial charge in [-0.05, 0) is 26.0 Å². The summed E-state index contributed by atoms with van der Waals surface area (Å²) in [4.78, 5) is 0. The van der Waals surface area contributed by atoms with E-state index in [1.165, 1.54) is 0 Å². The fraction of sp³-hybridized carbons (Fsp3) is 0.333. The molecule has 0 radical (unpaired) electrons. The van der Waals surface area contributed by atoms with Crippen LogP contribution in [0.1, 0.15) is 13.8 Å². The number of anilines is 1. The average Bonchev–Trinajstić information content (AvgIpc) is 2.17. The van der Waals surface area contributed by atoms with Crippen LogP contribution in [0.15, 0.2) is 36.9 Å². The van der Waals surface area contributed by atoms with Gasteiger partial charge in [-0.3, -0.25) is 0 Å². The van der Waals surface area contributed by atoms with E-state index in [9.17, 15) is 0 Å². The molecule has 0 aliphatic heterocycles. The predicted molar refractivity (Wildman–Crippen MR) is 60.9 cm³/mol. The first-order chi connectivity index (χ1) is 6.57. The van der Waals surface area contributed by atoms with Gasteiger partial charge in [-0.15, -0.1) is 6.58 Å². The largest absolute Gasteiger partial charge is 0.497 e. The molecule has 0 saturated heterocycles. The molecule has 0 amide bonds. The summed E-state index contributed by atoms with van der Waals surface area (Å²) in [7, 11) is 1.66. The van der Waals surface area contributed by atoms with Crippen LogP contribution in [0, 0.1) is 0 Å². The standard InChI is InChI=1S/C12H17NO/c1-5-12(2,3)13-10-7-6-8-11(9-10)14-4/h5-9,13H,1H2,2-4H3. The van der Waals surface area contributed by atoms with Crippen LogP contribution in [0.25, 0.3) is 0 Å². The molecular formula is C12H17NO. The fourth-order valence-corrected chi connectivity index (χ4v) is 1.12. The minimum absolute atomic E-state index is 0.105. The van der Waals surface area contributed by atoms with Crippen molar-refractivity contribution in [2.45, 2.75) is 19.4 Å². The summed E-state index contributed by atoms with van der Waals surface area (Å²) in [6.45, 7) is 7.92. The lowest BCUT2D eigenvalue weighted by atomic mass is 10.1. The van der Waals surface area contributed by atoms with E-state index >= 15 is 0 Å². The molecule has 0 heterocycles. The number of methoxy groups -OCH3 is 1. The zero-order valence-electron chi connectivity index (χ0n) is 9.00. The van der Waals surface area contributed by atoms with E-state index in [0.717, 1.165) is 11.4 Å². The molecule has 0 spiro atoms. The van der Waals surface area contributed by atoms with Gasteiger partial charge < -0.3 is 10.1 Å². The third kappa shape index (κ3) is 2.80. The lowest BCUT2D eigenvalue weighted by molar-refractivity contribution is 0.415. The number of benzene rings is 1. The van der Waals surface area contributed by atoms with E-state index in [1.54, 1.807) is 7.11 Å². The molecule has 0 fully saturated rings. The van der Waals surface area contributed by atoms with E-state index in [4.69, 9.17) is 4.74 Å².